The van der Waals surface area contributed by atoms with E-state index in [0.29, 0.717) is 41.3 Å². The van der Waals surface area contributed by atoms with Crippen molar-refractivity contribution in [3.05, 3.63) is 108 Å². The monoisotopic (exact) mass is 458 g/mol. The van der Waals surface area contributed by atoms with Crippen LogP contribution in [0.3, 0.4) is 0 Å². The highest BCUT2D eigenvalue weighted by molar-refractivity contribution is 6.08. The Morgan fingerprint density at radius 1 is 0.743 bits per heavy atom. The highest BCUT2D eigenvalue weighted by Gasteiger charge is 2.20. The Kier molecular flexibility index (Phi) is 5.23. The summed E-state index contributed by atoms with van der Waals surface area (Å²) in [5.41, 5.74) is 5.84. The van der Waals surface area contributed by atoms with Gasteiger partial charge in [0.15, 0.2) is 11.5 Å². The fourth-order valence-electron chi connectivity index (χ4n) is 4.48. The molecule has 0 unspecified atom stereocenters. The van der Waals surface area contributed by atoms with Gasteiger partial charge in [-0.2, -0.15) is 0 Å². The van der Waals surface area contributed by atoms with Crippen LogP contribution in [0.1, 0.15) is 16.7 Å². The van der Waals surface area contributed by atoms with Crippen molar-refractivity contribution in [1.82, 2.24) is 9.97 Å². The van der Waals surface area contributed by atoms with Crippen molar-refractivity contribution < 1.29 is 13.6 Å². The summed E-state index contributed by atoms with van der Waals surface area (Å²) in [5, 5.41) is 1.96. The third-order valence-corrected chi connectivity index (χ3v) is 6.18. The maximum absolute atomic E-state index is 13.0. The fraction of sp³-hybridized carbons (Fsp3) is 0.100. The number of nitrogens with zero attached hydrogens (tertiary/aromatic N) is 2. The molecule has 170 valence electrons. The predicted molar refractivity (Wildman–Crippen MR) is 136 cm³/mol. The minimum absolute atomic E-state index is 0.157. The van der Waals surface area contributed by atoms with Crippen LogP contribution in [0.2, 0.25) is 0 Å². The number of aryl methyl sites for hydroxylation is 1. The molecule has 5 nitrogen and oxygen atoms in total. The summed E-state index contributed by atoms with van der Waals surface area (Å²) in [5.74, 6) is 1.38. The topological polar surface area (TPSA) is 69.1 Å². The highest BCUT2D eigenvalue weighted by Crippen LogP contribution is 2.35. The van der Waals surface area contributed by atoms with Gasteiger partial charge in [-0.3, -0.25) is 4.79 Å². The molecule has 0 amide bonds. The molecule has 5 heteroatoms. The van der Waals surface area contributed by atoms with Gasteiger partial charge < -0.3 is 8.83 Å². The maximum atomic E-state index is 13.0. The van der Waals surface area contributed by atoms with Gasteiger partial charge in [-0.1, -0.05) is 54.1 Å². The molecule has 0 N–H and O–H groups in total. The lowest BCUT2D eigenvalue weighted by molar-refractivity contribution is -0.117. The van der Waals surface area contributed by atoms with Crippen LogP contribution in [-0.2, 0) is 17.6 Å². The summed E-state index contributed by atoms with van der Waals surface area (Å²) in [6, 6.07) is 25.5. The van der Waals surface area contributed by atoms with Crippen molar-refractivity contribution in [1.29, 1.82) is 0 Å². The normalized spacial score (nSPS) is 11.3. The first-order valence-corrected chi connectivity index (χ1v) is 11.5. The van der Waals surface area contributed by atoms with E-state index in [-0.39, 0.29) is 5.78 Å². The van der Waals surface area contributed by atoms with Gasteiger partial charge in [-0.25, -0.2) is 9.97 Å². The van der Waals surface area contributed by atoms with Gasteiger partial charge in [0, 0.05) is 18.2 Å². The SMILES string of the molecule is Cc1ccc(CC(=O)Cc2cc3nc(-c4ccco4)c(-c4ccco4)nc3c3ccccc23)cc1. The molecule has 0 aliphatic heterocycles. The van der Waals surface area contributed by atoms with Gasteiger partial charge >= 0.3 is 0 Å². The van der Waals surface area contributed by atoms with Crippen molar-refractivity contribution in [2.75, 3.05) is 0 Å². The molecule has 6 rings (SSSR count). The van der Waals surface area contributed by atoms with E-state index in [4.69, 9.17) is 18.8 Å². The smallest absolute Gasteiger partial charge is 0.154 e. The highest BCUT2D eigenvalue weighted by atomic mass is 16.3. The first kappa shape index (κ1) is 21.1. The molecule has 3 heterocycles. The summed E-state index contributed by atoms with van der Waals surface area (Å²) in [6.07, 6.45) is 3.95. The number of rotatable bonds is 6. The summed E-state index contributed by atoms with van der Waals surface area (Å²) >= 11 is 0. The van der Waals surface area contributed by atoms with Gasteiger partial charge in [0.25, 0.3) is 0 Å². The number of aromatic nitrogens is 2. The molecule has 0 bridgehead atoms. The minimum Gasteiger partial charge on any atom is -0.463 e. The average Bonchev–Trinajstić information content (AvgIpc) is 3.60. The Bertz CT molecular complexity index is 1650. The Balaban J connectivity index is 1.49. The molecule has 3 aromatic heterocycles. The van der Waals surface area contributed by atoms with Gasteiger partial charge in [-0.05, 0) is 53.8 Å². The second-order valence-corrected chi connectivity index (χ2v) is 8.70. The molecule has 0 spiro atoms. The van der Waals surface area contributed by atoms with Crippen LogP contribution in [-0.4, -0.2) is 15.8 Å². The van der Waals surface area contributed by atoms with E-state index in [2.05, 4.69) is 0 Å². The number of Topliss-reactive ketones (excluding diaryl/α,β-unsaturated/α-hetero) is 1. The number of furan rings is 2. The van der Waals surface area contributed by atoms with Crippen LogP contribution in [0, 0.1) is 6.92 Å². The fourth-order valence-corrected chi connectivity index (χ4v) is 4.48. The molecule has 0 saturated carbocycles. The van der Waals surface area contributed by atoms with Crippen LogP contribution >= 0.6 is 0 Å². The van der Waals surface area contributed by atoms with E-state index in [1.165, 1.54) is 5.56 Å². The van der Waals surface area contributed by atoms with Crippen LogP contribution in [0.25, 0.3) is 44.7 Å². The summed E-state index contributed by atoms with van der Waals surface area (Å²) in [6.45, 7) is 2.04. The molecule has 0 saturated heterocycles. The van der Waals surface area contributed by atoms with Gasteiger partial charge in [-0.15, -0.1) is 0 Å². The van der Waals surface area contributed by atoms with Crippen molar-refractivity contribution in [3.63, 3.8) is 0 Å². The molecule has 0 fully saturated rings. The standard InChI is InChI=1S/C30H22N2O3/c1-19-10-12-20(13-11-19)16-22(33)17-21-18-25-28(24-7-3-2-6-23(21)24)32-30(27-9-5-15-35-27)29(31-25)26-8-4-14-34-26/h2-15,18H,16-17H2,1H3. The van der Waals surface area contributed by atoms with Crippen LogP contribution in [0.5, 0.6) is 0 Å². The second kappa shape index (κ2) is 8.69. The van der Waals surface area contributed by atoms with Gasteiger partial charge in [0.05, 0.1) is 23.6 Å². The molecule has 3 aromatic carbocycles. The Morgan fingerprint density at radius 3 is 2.06 bits per heavy atom. The van der Waals surface area contributed by atoms with E-state index in [1.54, 1.807) is 12.5 Å². The maximum Gasteiger partial charge on any atom is 0.154 e. The van der Waals surface area contributed by atoms with E-state index in [0.717, 1.165) is 27.4 Å². The van der Waals surface area contributed by atoms with Crippen molar-refractivity contribution in [3.8, 4) is 22.9 Å². The molecule has 6 aromatic rings. The largest absolute Gasteiger partial charge is 0.463 e. The van der Waals surface area contributed by atoms with Gasteiger partial charge in [0.1, 0.15) is 17.2 Å². The molecular formula is C30H22N2O3. The average molecular weight is 459 g/mol. The Hall–Kier alpha value is -4.51. The van der Waals surface area contributed by atoms with Crippen molar-refractivity contribution in [2.24, 2.45) is 0 Å². The number of carbonyl (C=O) groups excluding carboxylic acids is 1. The minimum atomic E-state index is 0.157. The second-order valence-electron chi connectivity index (χ2n) is 8.70. The predicted octanol–water partition coefficient (Wildman–Crippen LogP) is 6.97. The number of hydrogen-bond donors (Lipinski definition) is 0. The Morgan fingerprint density at radius 2 is 1.40 bits per heavy atom. The summed E-state index contributed by atoms with van der Waals surface area (Å²) < 4.78 is 11.3. The van der Waals surface area contributed by atoms with Crippen LogP contribution < -0.4 is 0 Å². The zero-order valence-corrected chi connectivity index (χ0v) is 19.2. The molecule has 0 atom stereocenters. The molecule has 35 heavy (non-hydrogen) atoms. The number of hydrogen-bond acceptors (Lipinski definition) is 5. The Labute approximate surface area is 202 Å². The number of carbonyl (C=O) groups is 1. The quantitative estimate of drug-likeness (QED) is 0.252. The van der Waals surface area contributed by atoms with E-state index < -0.39 is 0 Å². The first-order chi connectivity index (χ1) is 17.2. The lowest BCUT2D eigenvalue weighted by atomic mass is 9.96. The number of benzene rings is 3. The zero-order valence-electron chi connectivity index (χ0n) is 19.2. The van der Waals surface area contributed by atoms with E-state index >= 15 is 0 Å². The third kappa shape index (κ3) is 4.02. The van der Waals surface area contributed by atoms with Gasteiger partial charge in [0.2, 0.25) is 0 Å². The van der Waals surface area contributed by atoms with Crippen LogP contribution in [0.15, 0.2) is 100 Å². The zero-order chi connectivity index (χ0) is 23.8. The number of ketones is 1. The van der Waals surface area contributed by atoms with E-state index in [9.17, 15) is 4.79 Å². The molecular weight excluding hydrogens is 436 g/mol. The summed E-state index contributed by atoms with van der Waals surface area (Å²) in [7, 11) is 0. The number of fused-ring (bicyclic) bond motifs is 3. The molecule has 0 radical (unpaired) electrons. The lowest BCUT2D eigenvalue weighted by Crippen LogP contribution is -2.07. The van der Waals surface area contributed by atoms with E-state index in [1.807, 2.05) is 85.8 Å². The molecule has 0 aliphatic carbocycles. The van der Waals surface area contributed by atoms with Crippen molar-refractivity contribution >= 4 is 27.6 Å². The summed E-state index contributed by atoms with van der Waals surface area (Å²) in [4.78, 5) is 23.0. The molecule has 0 aliphatic rings. The van der Waals surface area contributed by atoms with Crippen molar-refractivity contribution in [2.45, 2.75) is 19.8 Å². The first-order valence-electron chi connectivity index (χ1n) is 11.5. The lowest BCUT2D eigenvalue weighted by Gasteiger charge is -2.12. The third-order valence-electron chi connectivity index (χ3n) is 6.18. The van der Waals surface area contributed by atoms with Crippen LogP contribution in [0.4, 0.5) is 0 Å².